The summed E-state index contributed by atoms with van der Waals surface area (Å²) in [6, 6.07) is 18.6. The number of benzene rings is 2. The van der Waals surface area contributed by atoms with Crippen LogP contribution < -0.4 is 5.32 Å². The van der Waals surface area contributed by atoms with Crippen molar-refractivity contribution in [3.8, 4) is 11.3 Å². The molecule has 0 bridgehead atoms. The van der Waals surface area contributed by atoms with Crippen LogP contribution in [-0.4, -0.2) is 27.3 Å². The van der Waals surface area contributed by atoms with Gasteiger partial charge in [0.05, 0.1) is 9.83 Å². The molecule has 5 rings (SSSR count). The molecule has 2 fully saturated rings. The van der Waals surface area contributed by atoms with E-state index in [-0.39, 0.29) is 23.1 Å². The minimum Gasteiger partial charge on any atom is -0.457 e. The minimum absolute atomic E-state index is 0.0247. The van der Waals surface area contributed by atoms with Gasteiger partial charge in [0, 0.05) is 35.5 Å². The Morgan fingerprint density at radius 1 is 1.11 bits per heavy atom. The van der Waals surface area contributed by atoms with E-state index in [0.717, 1.165) is 36.1 Å². The highest BCUT2D eigenvalue weighted by Crippen LogP contribution is 2.42. The summed E-state index contributed by atoms with van der Waals surface area (Å²) in [5.41, 5.74) is 2.38. The van der Waals surface area contributed by atoms with Gasteiger partial charge in [0.2, 0.25) is 0 Å². The van der Waals surface area contributed by atoms with Crippen LogP contribution in [0.5, 0.6) is 0 Å². The highest BCUT2D eigenvalue weighted by molar-refractivity contribution is 8.05. The van der Waals surface area contributed by atoms with Gasteiger partial charge in [0.25, 0.3) is 11.6 Å². The van der Waals surface area contributed by atoms with Crippen molar-refractivity contribution in [1.29, 1.82) is 0 Å². The molecule has 2 aromatic carbocycles. The van der Waals surface area contributed by atoms with Gasteiger partial charge in [0.1, 0.15) is 11.5 Å². The Bertz CT molecular complexity index is 1300. The number of aryl methyl sites for hydroxylation is 1. The maximum absolute atomic E-state index is 13.7. The number of nitro groups is 1. The van der Waals surface area contributed by atoms with Gasteiger partial charge in [0.15, 0.2) is 5.50 Å². The summed E-state index contributed by atoms with van der Waals surface area (Å²) in [6.07, 6.45) is 6.30. The number of para-hydroxylation sites is 1. The molecule has 1 saturated heterocycles. The topological polar surface area (TPSA) is 88.6 Å². The Morgan fingerprint density at radius 3 is 2.61 bits per heavy atom. The fourth-order valence-electron chi connectivity index (χ4n) is 5.11. The van der Waals surface area contributed by atoms with Gasteiger partial charge >= 0.3 is 0 Å². The number of nitrogens with zero attached hydrogens (tertiary/aromatic N) is 2. The van der Waals surface area contributed by atoms with E-state index in [1.807, 2.05) is 60.4 Å². The molecule has 1 unspecified atom stereocenters. The van der Waals surface area contributed by atoms with E-state index >= 15 is 0 Å². The van der Waals surface area contributed by atoms with Gasteiger partial charge in [-0.1, -0.05) is 49.7 Å². The second-order valence-corrected chi connectivity index (χ2v) is 10.6. The van der Waals surface area contributed by atoms with Crippen LogP contribution in [0, 0.1) is 23.0 Å². The quantitative estimate of drug-likeness (QED) is 0.220. The van der Waals surface area contributed by atoms with E-state index in [9.17, 15) is 14.9 Å². The maximum atomic E-state index is 13.7. The molecule has 1 aromatic heterocycles. The minimum atomic E-state index is -0.406. The number of nitrogens with one attached hydrogen (secondary N) is 1. The molecule has 1 N–H and O–H groups in total. The monoisotopic (exact) mass is 503 g/mol. The van der Waals surface area contributed by atoms with Crippen molar-refractivity contribution in [2.45, 2.75) is 51.1 Å². The van der Waals surface area contributed by atoms with Crippen molar-refractivity contribution in [1.82, 2.24) is 4.90 Å². The zero-order chi connectivity index (χ0) is 25.2. The third kappa shape index (κ3) is 4.91. The van der Waals surface area contributed by atoms with E-state index in [0.29, 0.717) is 22.3 Å². The Labute approximate surface area is 214 Å². The average molecular weight is 504 g/mol. The Hall–Kier alpha value is -3.52. The first-order chi connectivity index (χ1) is 17.4. The number of amides is 1. The van der Waals surface area contributed by atoms with Crippen molar-refractivity contribution in [2.24, 2.45) is 5.92 Å². The Balaban J connectivity index is 1.42. The normalized spacial score (nSPS) is 23.3. The van der Waals surface area contributed by atoms with Crippen LogP contribution in [0.3, 0.4) is 0 Å². The third-order valence-corrected chi connectivity index (χ3v) is 8.13. The molecule has 3 aromatic rings. The number of hydrogen-bond donors (Lipinski definition) is 1. The van der Waals surface area contributed by atoms with Crippen molar-refractivity contribution in [3.05, 3.63) is 87.0 Å². The van der Waals surface area contributed by atoms with Gasteiger partial charge < -0.3 is 14.6 Å². The van der Waals surface area contributed by atoms with Gasteiger partial charge in [-0.05, 0) is 61.6 Å². The predicted octanol–water partition coefficient (Wildman–Crippen LogP) is 7.05. The van der Waals surface area contributed by atoms with Gasteiger partial charge in [-0.2, -0.15) is 0 Å². The smallest absolute Gasteiger partial charge is 0.269 e. The Kier molecular flexibility index (Phi) is 6.87. The molecule has 1 aliphatic heterocycles. The fourth-order valence-corrected chi connectivity index (χ4v) is 6.30. The van der Waals surface area contributed by atoms with Crippen molar-refractivity contribution in [3.63, 3.8) is 0 Å². The average Bonchev–Trinajstić information content (AvgIpc) is 3.44. The summed E-state index contributed by atoms with van der Waals surface area (Å²) < 4.78 is 6.07. The van der Waals surface area contributed by atoms with Crippen molar-refractivity contribution in [2.75, 3.05) is 5.32 Å². The molecule has 1 amide bonds. The summed E-state index contributed by atoms with van der Waals surface area (Å²) in [5.74, 6) is 1.66. The van der Waals surface area contributed by atoms with Crippen LogP contribution in [-0.2, 0) is 4.79 Å². The molecule has 2 aliphatic rings. The molecule has 1 aliphatic carbocycles. The number of non-ortho nitro benzene ring substituents is 1. The molecular weight excluding hydrogens is 474 g/mol. The molecule has 186 valence electrons. The first-order valence-electron chi connectivity index (χ1n) is 12.3. The van der Waals surface area contributed by atoms with E-state index in [1.54, 1.807) is 6.07 Å². The van der Waals surface area contributed by atoms with Gasteiger partial charge in [-0.15, -0.1) is 0 Å². The molecule has 0 spiro atoms. The Morgan fingerprint density at radius 2 is 1.89 bits per heavy atom. The van der Waals surface area contributed by atoms with Crippen LogP contribution in [0.25, 0.3) is 17.4 Å². The summed E-state index contributed by atoms with van der Waals surface area (Å²) in [7, 11) is 0. The lowest BCUT2D eigenvalue weighted by molar-refractivity contribution is -0.384. The number of hydrogen-bond acceptors (Lipinski definition) is 6. The number of nitro benzene ring substituents is 1. The van der Waals surface area contributed by atoms with Crippen LogP contribution in [0.4, 0.5) is 11.4 Å². The second-order valence-electron chi connectivity index (χ2n) is 9.49. The summed E-state index contributed by atoms with van der Waals surface area (Å²) in [5, 5.41) is 14.6. The summed E-state index contributed by atoms with van der Waals surface area (Å²) >= 11 is 1.52. The van der Waals surface area contributed by atoms with Crippen molar-refractivity contribution < 1.29 is 14.1 Å². The SMILES string of the molecule is Cc1cc([N+](=O)[O-])ccc1-c1ccc(/C=C2\SC(Nc3ccccc3)N([C@H]3CCCC[C@H]3C)C2=O)o1. The first-order valence-corrected chi connectivity index (χ1v) is 13.2. The predicted molar refractivity (Wildman–Crippen MR) is 143 cm³/mol. The summed E-state index contributed by atoms with van der Waals surface area (Å²) in [6.45, 7) is 4.07. The number of carbonyl (C=O) groups is 1. The number of anilines is 1. The van der Waals surface area contributed by atoms with Crippen LogP contribution in [0.2, 0.25) is 0 Å². The molecule has 36 heavy (non-hydrogen) atoms. The third-order valence-electron chi connectivity index (χ3n) is 7.01. The number of rotatable bonds is 6. The van der Waals surface area contributed by atoms with Gasteiger partial charge in [-0.25, -0.2) is 0 Å². The van der Waals surface area contributed by atoms with E-state index < -0.39 is 4.92 Å². The van der Waals surface area contributed by atoms with E-state index in [2.05, 4.69) is 12.2 Å². The van der Waals surface area contributed by atoms with Gasteiger partial charge in [-0.3, -0.25) is 14.9 Å². The molecule has 0 radical (unpaired) electrons. The number of thioether (sulfide) groups is 1. The lowest BCUT2D eigenvalue weighted by Crippen LogP contribution is -2.48. The second kappa shape index (κ2) is 10.2. The summed E-state index contributed by atoms with van der Waals surface area (Å²) in [4.78, 5) is 27.0. The van der Waals surface area contributed by atoms with Crippen LogP contribution >= 0.6 is 11.8 Å². The molecule has 2 heterocycles. The molecule has 8 heteroatoms. The zero-order valence-electron chi connectivity index (χ0n) is 20.3. The molecule has 7 nitrogen and oxygen atoms in total. The highest BCUT2D eigenvalue weighted by atomic mass is 32.2. The lowest BCUT2D eigenvalue weighted by atomic mass is 9.85. The van der Waals surface area contributed by atoms with E-state index in [4.69, 9.17) is 4.42 Å². The molecular formula is C28H29N3O4S. The number of carbonyl (C=O) groups excluding carboxylic acids is 1. The van der Waals surface area contributed by atoms with E-state index in [1.165, 1.54) is 30.3 Å². The molecule has 3 atom stereocenters. The zero-order valence-corrected chi connectivity index (χ0v) is 21.2. The first kappa shape index (κ1) is 24.2. The lowest BCUT2D eigenvalue weighted by Gasteiger charge is -2.39. The fraction of sp³-hybridized carbons (Fsp3) is 0.321. The standard InChI is InChI=1S/C28H29N3O4S/c1-18-8-6-7-11-24(18)30-27(32)26(36-28(30)29-20-9-4-3-5-10-20)17-22-13-15-25(35-22)23-14-12-21(31(33)34)16-19(23)2/h3-5,9-10,12-18,24,28-29H,6-8,11H2,1-2H3/b26-17-/t18-,24+,28?/m1/s1. The number of furan rings is 1. The largest absolute Gasteiger partial charge is 0.457 e. The van der Waals surface area contributed by atoms with Crippen molar-refractivity contribution >= 4 is 35.1 Å². The van der Waals surface area contributed by atoms with Crippen LogP contribution in [0.1, 0.15) is 43.9 Å². The van der Waals surface area contributed by atoms with Crippen LogP contribution in [0.15, 0.2) is 70.0 Å². The highest BCUT2D eigenvalue weighted by Gasteiger charge is 2.43. The maximum Gasteiger partial charge on any atom is 0.269 e. The molecule has 1 saturated carbocycles.